The second-order valence-electron chi connectivity index (χ2n) is 5.05. The maximum Gasteiger partial charge on any atom is 0.337 e. The van der Waals surface area contributed by atoms with Gasteiger partial charge in [0.25, 0.3) is 5.91 Å². The van der Waals surface area contributed by atoms with Crippen LogP contribution in [-0.4, -0.2) is 45.5 Å². The van der Waals surface area contributed by atoms with Crippen LogP contribution in [0.1, 0.15) is 27.1 Å². The molecule has 1 N–H and O–H groups in total. The number of benzene rings is 1. The SMILES string of the molecule is COC(=O)c1ccc(C(=O)NC[C@H]2CCS(=O)(=O)C2)cc1. The van der Waals surface area contributed by atoms with Crippen molar-refractivity contribution in [2.75, 3.05) is 25.2 Å². The molecule has 1 amide bonds. The van der Waals surface area contributed by atoms with Crippen LogP contribution >= 0.6 is 0 Å². The summed E-state index contributed by atoms with van der Waals surface area (Å²) in [6.45, 7) is 0.344. The molecule has 0 spiro atoms. The molecule has 1 aromatic rings. The van der Waals surface area contributed by atoms with Crippen molar-refractivity contribution in [1.29, 1.82) is 0 Å². The first-order chi connectivity index (χ1) is 9.91. The summed E-state index contributed by atoms with van der Waals surface area (Å²) >= 11 is 0. The maximum atomic E-state index is 11.9. The van der Waals surface area contributed by atoms with Crippen molar-refractivity contribution in [3.63, 3.8) is 0 Å². The Labute approximate surface area is 123 Å². The average molecular weight is 311 g/mol. The molecule has 0 unspecified atom stereocenters. The predicted octanol–water partition coefficient (Wildman–Crippen LogP) is 0.638. The van der Waals surface area contributed by atoms with E-state index in [2.05, 4.69) is 10.1 Å². The van der Waals surface area contributed by atoms with Crippen molar-refractivity contribution in [3.8, 4) is 0 Å². The molecule has 1 saturated heterocycles. The Morgan fingerprint density at radius 2 is 1.86 bits per heavy atom. The van der Waals surface area contributed by atoms with E-state index in [1.54, 1.807) is 0 Å². The van der Waals surface area contributed by atoms with Gasteiger partial charge in [0.1, 0.15) is 0 Å². The molecule has 1 aliphatic rings. The van der Waals surface area contributed by atoms with Gasteiger partial charge in [-0.2, -0.15) is 0 Å². The summed E-state index contributed by atoms with van der Waals surface area (Å²) in [5.74, 6) is -0.433. The number of rotatable bonds is 4. The van der Waals surface area contributed by atoms with Gasteiger partial charge >= 0.3 is 5.97 Å². The van der Waals surface area contributed by atoms with Crippen LogP contribution < -0.4 is 5.32 Å². The summed E-state index contributed by atoms with van der Waals surface area (Å²) < 4.78 is 27.2. The van der Waals surface area contributed by atoms with E-state index < -0.39 is 15.8 Å². The molecule has 0 aliphatic carbocycles. The fourth-order valence-electron chi connectivity index (χ4n) is 2.25. The zero-order valence-electron chi connectivity index (χ0n) is 11.7. The van der Waals surface area contributed by atoms with Crippen LogP contribution in [0.5, 0.6) is 0 Å². The minimum atomic E-state index is -2.93. The Morgan fingerprint density at radius 3 is 2.38 bits per heavy atom. The smallest absolute Gasteiger partial charge is 0.337 e. The second kappa shape index (κ2) is 6.26. The van der Waals surface area contributed by atoms with Crippen LogP contribution in [0.25, 0.3) is 0 Å². The summed E-state index contributed by atoms with van der Waals surface area (Å²) in [5.41, 5.74) is 0.791. The number of esters is 1. The third kappa shape index (κ3) is 4.04. The van der Waals surface area contributed by atoms with E-state index in [9.17, 15) is 18.0 Å². The molecule has 1 atom stereocenters. The van der Waals surface area contributed by atoms with Gasteiger partial charge < -0.3 is 10.1 Å². The lowest BCUT2D eigenvalue weighted by Gasteiger charge is -2.09. The van der Waals surface area contributed by atoms with E-state index in [1.165, 1.54) is 31.4 Å². The molecule has 1 heterocycles. The van der Waals surface area contributed by atoms with Crippen molar-refractivity contribution in [2.45, 2.75) is 6.42 Å². The zero-order chi connectivity index (χ0) is 15.5. The lowest BCUT2D eigenvalue weighted by molar-refractivity contribution is 0.0600. The standard InChI is InChI=1S/C14H17NO5S/c1-20-14(17)12-4-2-11(3-5-12)13(16)15-8-10-6-7-21(18,19)9-10/h2-5,10H,6-9H2,1H3,(H,15,16)/t10-/m1/s1. The minimum absolute atomic E-state index is 0.0201. The zero-order valence-corrected chi connectivity index (χ0v) is 12.5. The van der Waals surface area contributed by atoms with Crippen LogP contribution in [0.2, 0.25) is 0 Å². The van der Waals surface area contributed by atoms with Gasteiger partial charge in [-0.05, 0) is 36.6 Å². The Bertz CT molecular complexity index is 636. The number of carbonyl (C=O) groups is 2. The minimum Gasteiger partial charge on any atom is -0.465 e. The van der Waals surface area contributed by atoms with Crippen LogP contribution in [-0.2, 0) is 14.6 Å². The molecule has 1 fully saturated rings. The molecule has 0 aromatic heterocycles. The number of hydrogen-bond donors (Lipinski definition) is 1. The quantitative estimate of drug-likeness (QED) is 0.824. The third-order valence-corrected chi connectivity index (χ3v) is 5.28. The van der Waals surface area contributed by atoms with Gasteiger partial charge in [0, 0.05) is 12.1 Å². The lowest BCUT2D eigenvalue weighted by atomic mass is 10.1. The molecular weight excluding hydrogens is 294 g/mol. The summed E-state index contributed by atoms with van der Waals surface area (Å²) in [6, 6.07) is 6.10. The van der Waals surface area contributed by atoms with Crippen LogP contribution in [0.3, 0.4) is 0 Å². The molecule has 21 heavy (non-hydrogen) atoms. The highest BCUT2D eigenvalue weighted by Crippen LogP contribution is 2.17. The molecular formula is C14H17NO5S. The number of carbonyl (C=O) groups excluding carboxylic acids is 2. The third-order valence-electron chi connectivity index (χ3n) is 3.45. The van der Waals surface area contributed by atoms with Crippen LogP contribution in [0, 0.1) is 5.92 Å². The fourth-order valence-corrected chi connectivity index (χ4v) is 4.11. The highest BCUT2D eigenvalue weighted by molar-refractivity contribution is 7.91. The van der Waals surface area contributed by atoms with Crippen LogP contribution in [0.4, 0.5) is 0 Å². The topological polar surface area (TPSA) is 89.5 Å². The summed E-state index contributed by atoms with van der Waals surface area (Å²) in [5, 5.41) is 2.72. The summed E-state index contributed by atoms with van der Waals surface area (Å²) in [7, 11) is -1.64. The van der Waals surface area contributed by atoms with Gasteiger partial charge in [0.2, 0.25) is 0 Å². The van der Waals surface area contributed by atoms with E-state index in [-0.39, 0.29) is 23.3 Å². The first-order valence-corrected chi connectivity index (χ1v) is 8.40. The fraction of sp³-hybridized carbons (Fsp3) is 0.429. The normalized spacial score (nSPS) is 20.0. The van der Waals surface area contributed by atoms with E-state index in [4.69, 9.17) is 0 Å². The Hall–Kier alpha value is -1.89. The molecule has 7 heteroatoms. The van der Waals surface area contributed by atoms with Gasteiger partial charge in [0.15, 0.2) is 9.84 Å². The Balaban J connectivity index is 1.90. The number of sulfone groups is 1. The average Bonchev–Trinajstić information content (AvgIpc) is 2.83. The van der Waals surface area contributed by atoms with E-state index in [0.29, 0.717) is 24.1 Å². The maximum absolute atomic E-state index is 11.9. The molecule has 0 bridgehead atoms. The molecule has 1 aliphatic heterocycles. The van der Waals surface area contributed by atoms with Crippen molar-refractivity contribution in [2.24, 2.45) is 5.92 Å². The Kier molecular flexibility index (Phi) is 4.62. The number of nitrogens with one attached hydrogen (secondary N) is 1. The highest BCUT2D eigenvalue weighted by Gasteiger charge is 2.27. The predicted molar refractivity (Wildman–Crippen MR) is 76.9 cm³/mol. The molecule has 6 nitrogen and oxygen atoms in total. The summed E-state index contributed by atoms with van der Waals surface area (Å²) in [6.07, 6.45) is 0.587. The first kappa shape index (κ1) is 15.5. The van der Waals surface area contributed by atoms with Gasteiger partial charge in [-0.15, -0.1) is 0 Å². The lowest BCUT2D eigenvalue weighted by Crippen LogP contribution is -2.29. The summed E-state index contributed by atoms with van der Waals surface area (Å²) in [4.78, 5) is 23.2. The van der Waals surface area contributed by atoms with Crippen molar-refractivity contribution < 1.29 is 22.7 Å². The highest BCUT2D eigenvalue weighted by atomic mass is 32.2. The van der Waals surface area contributed by atoms with Gasteiger partial charge in [0.05, 0.1) is 24.2 Å². The van der Waals surface area contributed by atoms with E-state index in [1.807, 2.05) is 0 Å². The van der Waals surface area contributed by atoms with Crippen molar-refractivity contribution in [1.82, 2.24) is 5.32 Å². The van der Waals surface area contributed by atoms with Gasteiger partial charge in [-0.3, -0.25) is 4.79 Å². The molecule has 1 aromatic carbocycles. The number of amides is 1. The molecule has 0 saturated carbocycles. The van der Waals surface area contributed by atoms with Crippen LogP contribution in [0.15, 0.2) is 24.3 Å². The van der Waals surface area contributed by atoms with Gasteiger partial charge in [-0.1, -0.05) is 0 Å². The van der Waals surface area contributed by atoms with E-state index in [0.717, 1.165) is 0 Å². The second-order valence-corrected chi connectivity index (χ2v) is 7.28. The van der Waals surface area contributed by atoms with Crippen molar-refractivity contribution >= 4 is 21.7 Å². The van der Waals surface area contributed by atoms with Crippen molar-refractivity contribution in [3.05, 3.63) is 35.4 Å². The number of hydrogen-bond acceptors (Lipinski definition) is 5. The molecule has 0 radical (unpaired) electrons. The first-order valence-electron chi connectivity index (χ1n) is 6.58. The monoisotopic (exact) mass is 311 g/mol. The Morgan fingerprint density at radius 1 is 1.24 bits per heavy atom. The number of ether oxygens (including phenoxy) is 1. The number of methoxy groups -OCH3 is 1. The molecule has 2 rings (SSSR count). The molecule has 114 valence electrons. The van der Waals surface area contributed by atoms with E-state index >= 15 is 0 Å². The van der Waals surface area contributed by atoms with Gasteiger partial charge in [-0.25, -0.2) is 13.2 Å². The largest absolute Gasteiger partial charge is 0.465 e.